The largest absolute Gasteiger partial charge is 0.450 e. The van der Waals surface area contributed by atoms with Crippen molar-refractivity contribution in [3.8, 4) is 0 Å². The van der Waals surface area contributed by atoms with Gasteiger partial charge in [-0.2, -0.15) is 0 Å². The van der Waals surface area contributed by atoms with Crippen molar-refractivity contribution in [3.63, 3.8) is 0 Å². The van der Waals surface area contributed by atoms with Crippen LogP contribution in [0.4, 0.5) is 16.4 Å². The molecule has 1 amide bonds. The molecule has 2 rings (SSSR count). The van der Waals surface area contributed by atoms with E-state index in [1.54, 1.807) is 11.8 Å². The molecule has 0 unspecified atom stereocenters. The van der Waals surface area contributed by atoms with Crippen molar-refractivity contribution in [2.24, 2.45) is 0 Å². The molecule has 8 heteroatoms. The van der Waals surface area contributed by atoms with Gasteiger partial charge in [0.25, 0.3) is 0 Å². The number of nitrogens with zero attached hydrogens (tertiary/aromatic N) is 4. The number of amides is 1. The Balaban J connectivity index is 2.00. The number of anilines is 2. The first-order valence-corrected chi connectivity index (χ1v) is 6.85. The zero-order valence-electron chi connectivity index (χ0n) is 10.7. The van der Waals surface area contributed by atoms with Gasteiger partial charge in [-0.3, -0.25) is 0 Å². The van der Waals surface area contributed by atoms with Crippen LogP contribution in [0.25, 0.3) is 0 Å². The normalized spacial score (nSPS) is 15.5. The van der Waals surface area contributed by atoms with Gasteiger partial charge in [-0.15, -0.1) is 0 Å². The molecule has 1 aliphatic rings. The lowest BCUT2D eigenvalue weighted by Gasteiger charge is -2.35. The van der Waals surface area contributed by atoms with E-state index in [0.717, 1.165) is 5.82 Å². The van der Waals surface area contributed by atoms with E-state index >= 15 is 0 Å². The Hall–Kier alpha value is -1.57. The summed E-state index contributed by atoms with van der Waals surface area (Å²) < 4.78 is 5.67. The molecular formula is C11H16BrN5O2. The minimum absolute atomic E-state index is 0.261. The van der Waals surface area contributed by atoms with Crippen LogP contribution in [0, 0.1) is 0 Å². The molecule has 0 spiro atoms. The second-order valence-corrected chi connectivity index (χ2v) is 4.86. The number of carbonyl (C=O) groups is 1. The molecule has 1 fully saturated rings. The number of halogens is 1. The highest BCUT2D eigenvalue weighted by Gasteiger charge is 2.24. The van der Waals surface area contributed by atoms with Gasteiger partial charge in [0.2, 0.25) is 0 Å². The van der Waals surface area contributed by atoms with Crippen LogP contribution < -0.4 is 10.6 Å². The number of hydrogen-bond acceptors (Lipinski definition) is 6. The molecule has 0 aromatic carbocycles. The predicted molar refractivity (Wildman–Crippen MR) is 75.0 cm³/mol. The van der Waals surface area contributed by atoms with Crippen LogP contribution in [0.3, 0.4) is 0 Å². The van der Waals surface area contributed by atoms with E-state index in [4.69, 9.17) is 10.5 Å². The monoisotopic (exact) mass is 329 g/mol. The van der Waals surface area contributed by atoms with Crippen LogP contribution in [-0.4, -0.2) is 53.7 Å². The van der Waals surface area contributed by atoms with E-state index in [2.05, 4.69) is 30.8 Å². The van der Waals surface area contributed by atoms with Crippen LogP contribution in [0.1, 0.15) is 6.92 Å². The zero-order valence-corrected chi connectivity index (χ0v) is 12.3. The zero-order chi connectivity index (χ0) is 13.8. The van der Waals surface area contributed by atoms with Crippen molar-refractivity contribution in [1.29, 1.82) is 0 Å². The standard InChI is InChI=1S/C11H16BrN5O2/c1-2-19-11(18)17-5-3-16(4-6-17)10-8(12)9(13)14-7-15-10/h7H,2-6H2,1H3,(H2,13,14,15). The first kappa shape index (κ1) is 13.9. The van der Waals surface area contributed by atoms with Crippen LogP contribution in [0.2, 0.25) is 0 Å². The molecule has 104 valence electrons. The maximum Gasteiger partial charge on any atom is 0.409 e. The van der Waals surface area contributed by atoms with E-state index in [0.29, 0.717) is 43.1 Å². The van der Waals surface area contributed by atoms with Crippen molar-refractivity contribution in [3.05, 3.63) is 10.8 Å². The number of nitrogens with two attached hydrogens (primary N) is 1. The van der Waals surface area contributed by atoms with Gasteiger partial charge in [-0.05, 0) is 22.9 Å². The van der Waals surface area contributed by atoms with E-state index in [1.807, 2.05) is 0 Å². The molecule has 0 atom stereocenters. The van der Waals surface area contributed by atoms with Gasteiger partial charge in [0.1, 0.15) is 22.4 Å². The first-order chi connectivity index (χ1) is 9.13. The third-order valence-electron chi connectivity index (χ3n) is 2.90. The minimum atomic E-state index is -0.261. The summed E-state index contributed by atoms with van der Waals surface area (Å²) >= 11 is 3.39. The van der Waals surface area contributed by atoms with Crippen molar-refractivity contribution in [2.45, 2.75) is 6.92 Å². The molecule has 0 saturated carbocycles. The maximum absolute atomic E-state index is 11.6. The summed E-state index contributed by atoms with van der Waals surface area (Å²) in [6, 6.07) is 0. The average molecular weight is 330 g/mol. The van der Waals surface area contributed by atoms with Gasteiger partial charge in [0.05, 0.1) is 6.61 Å². The molecule has 1 saturated heterocycles. The topological polar surface area (TPSA) is 84.6 Å². The van der Waals surface area contributed by atoms with Crippen LogP contribution in [0.15, 0.2) is 10.8 Å². The molecule has 2 heterocycles. The number of piperazine rings is 1. The molecule has 0 radical (unpaired) electrons. The lowest BCUT2D eigenvalue weighted by Crippen LogP contribution is -2.49. The first-order valence-electron chi connectivity index (χ1n) is 6.06. The number of hydrogen-bond donors (Lipinski definition) is 1. The van der Waals surface area contributed by atoms with Gasteiger partial charge in [-0.25, -0.2) is 14.8 Å². The highest BCUT2D eigenvalue weighted by atomic mass is 79.9. The minimum Gasteiger partial charge on any atom is -0.450 e. The second-order valence-electron chi connectivity index (χ2n) is 4.07. The highest BCUT2D eigenvalue weighted by molar-refractivity contribution is 9.10. The Morgan fingerprint density at radius 1 is 1.42 bits per heavy atom. The van der Waals surface area contributed by atoms with Gasteiger partial charge in [0, 0.05) is 26.2 Å². The van der Waals surface area contributed by atoms with Crippen molar-refractivity contribution in [2.75, 3.05) is 43.4 Å². The number of ether oxygens (including phenoxy) is 1. The fourth-order valence-electron chi connectivity index (χ4n) is 1.91. The summed E-state index contributed by atoms with van der Waals surface area (Å²) in [5.74, 6) is 1.17. The molecule has 2 N–H and O–H groups in total. The summed E-state index contributed by atoms with van der Waals surface area (Å²) in [6.07, 6.45) is 1.18. The van der Waals surface area contributed by atoms with Crippen LogP contribution in [-0.2, 0) is 4.74 Å². The smallest absolute Gasteiger partial charge is 0.409 e. The second kappa shape index (κ2) is 6.05. The highest BCUT2D eigenvalue weighted by Crippen LogP contribution is 2.28. The van der Waals surface area contributed by atoms with Gasteiger partial charge in [0.15, 0.2) is 0 Å². The van der Waals surface area contributed by atoms with Crippen molar-refractivity contribution in [1.82, 2.24) is 14.9 Å². The SMILES string of the molecule is CCOC(=O)N1CCN(c2ncnc(N)c2Br)CC1. The van der Waals surface area contributed by atoms with Crippen LogP contribution >= 0.6 is 15.9 Å². The Bertz CT molecular complexity index is 462. The molecule has 0 bridgehead atoms. The molecular weight excluding hydrogens is 314 g/mol. The van der Waals surface area contributed by atoms with E-state index in [-0.39, 0.29) is 6.09 Å². The average Bonchev–Trinajstić information content (AvgIpc) is 2.42. The summed E-state index contributed by atoms with van der Waals surface area (Å²) in [6.45, 7) is 4.79. The van der Waals surface area contributed by atoms with E-state index in [9.17, 15) is 4.79 Å². The van der Waals surface area contributed by atoms with Gasteiger partial charge in [-0.1, -0.05) is 0 Å². The lowest BCUT2D eigenvalue weighted by molar-refractivity contribution is 0.105. The number of rotatable bonds is 2. The summed E-state index contributed by atoms with van der Waals surface area (Å²) in [5, 5.41) is 0. The molecule has 7 nitrogen and oxygen atoms in total. The van der Waals surface area contributed by atoms with Crippen molar-refractivity contribution < 1.29 is 9.53 Å². The summed E-state index contributed by atoms with van der Waals surface area (Å²) in [7, 11) is 0. The Morgan fingerprint density at radius 3 is 2.74 bits per heavy atom. The summed E-state index contributed by atoms with van der Waals surface area (Å²) in [5.41, 5.74) is 5.73. The van der Waals surface area contributed by atoms with Gasteiger partial charge < -0.3 is 20.3 Å². The lowest BCUT2D eigenvalue weighted by atomic mass is 10.3. The number of carbonyl (C=O) groups excluding carboxylic acids is 1. The van der Waals surface area contributed by atoms with E-state index < -0.39 is 0 Å². The predicted octanol–water partition coefficient (Wildman–Crippen LogP) is 1.10. The maximum atomic E-state index is 11.6. The Morgan fingerprint density at radius 2 is 2.11 bits per heavy atom. The van der Waals surface area contributed by atoms with Gasteiger partial charge >= 0.3 is 6.09 Å². The third kappa shape index (κ3) is 3.06. The Labute approximate surface area is 119 Å². The molecule has 0 aliphatic carbocycles. The molecule has 19 heavy (non-hydrogen) atoms. The molecule has 1 aromatic rings. The van der Waals surface area contributed by atoms with E-state index in [1.165, 1.54) is 6.33 Å². The fraction of sp³-hybridized carbons (Fsp3) is 0.545. The quantitative estimate of drug-likeness (QED) is 0.874. The third-order valence-corrected chi connectivity index (χ3v) is 3.66. The number of nitrogen functional groups attached to an aromatic ring is 1. The van der Waals surface area contributed by atoms with Crippen molar-refractivity contribution >= 4 is 33.7 Å². The summed E-state index contributed by atoms with van der Waals surface area (Å²) in [4.78, 5) is 23.5. The Kier molecular flexibility index (Phi) is 4.41. The molecule has 1 aliphatic heterocycles. The van der Waals surface area contributed by atoms with Crippen LogP contribution in [0.5, 0.6) is 0 Å². The molecule has 1 aromatic heterocycles. The fourth-order valence-corrected chi connectivity index (χ4v) is 2.37. The number of aromatic nitrogens is 2.